The SMILES string of the molecule is CN(C)N1CN([C@@H]2O[C@H](CO)C(O)C2O)c2ncnc(N)c21. The van der Waals surface area contributed by atoms with Gasteiger partial charge in [-0.3, -0.25) is 5.01 Å². The lowest BCUT2D eigenvalue weighted by molar-refractivity contribution is -0.0225. The summed E-state index contributed by atoms with van der Waals surface area (Å²) in [6.07, 6.45) is -2.66. The minimum Gasteiger partial charge on any atom is -0.394 e. The summed E-state index contributed by atoms with van der Waals surface area (Å²) in [5.41, 5.74) is 6.55. The summed E-state index contributed by atoms with van der Waals surface area (Å²) in [6, 6.07) is 0. The van der Waals surface area contributed by atoms with E-state index in [1.165, 1.54) is 6.33 Å². The standard InChI is InChI=1S/C12H20N6O4/c1-16(2)18-5-17(11-7(18)10(13)14-4-15-11)12-9(21)8(20)6(3-19)22-12/h4,6,8-9,12,19-21H,3,5H2,1-2H3,(H2,13,14,15)/t6-,8?,9?,12-/m1/s1. The highest BCUT2D eigenvalue weighted by molar-refractivity contribution is 5.81. The molecule has 0 aliphatic carbocycles. The van der Waals surface area contributed by atoms with Crippen LogP contribution in [0.5, 0.6) is 0 Å². The molecule has 22 heavy (non-hydrogen) atoms. The predicted octanol–water partition coefficient (Wildman–Crippen LogP) is -2.44. The fraction of sp³-hybridized carbons (Fsp3) is 0.667. The first-order valence-corrected chi connectivity index (χ1v) is 6.90. The molecule has 5 N–H and O–H groups in total. The van der Waals surface area contributed by atoms with Crippen molar-refractivity contribution in [1.29, 1.82) is 0 Å². The lowest BCUT2D eigenvalue weighted by atomic mass is 10.1. The third-order valence-electron chi connectivity index (χ3n) is 3.95. The summed E-state index contributed by atoms with van der Waals surface area (Å²) in [5.74, 6) is 0.823. The van der Waals surface area contributed by atoms with E-state index in [9.17, 15) is 15.3 Å². The van der Waals surface area contributed by atoms with Crippen LogP contribution in [-0.2, 0) is 4.74 Å². The number of aromatic nitrogens is 2. The first kappa shape index (κ1) is 15.2. The second kappa shape index (κ2) is 5.48. The van der Waals surface area contributed by atoms with Gasteiger partial charge in [0.2, 0.25) is 0 Å². The maximum atomic E-state index is 10.2. The number of nitrogens with zero attached hydrogens (tertiary/aromatic N) is 5. The third kappa shape index (κ3) is 2.16. The Morgan fingerprint density at radius 2 is 2.09 bits per heavy atom. The Labute approximate surface area is 127 Å². The highest BCUT2D eigenvalue weighted by Gasteiger charge is 2.48. The van der Waals surface area contributed by atoms with Crippen molar-refractivity contribution in [3.63, 3.8) is 0 Å². The lowest BCUT2D eigenvalue weighted by Gasteiger charge is -2.30. The van der Waals surface area contributed by atoms with Crippen LogP contribution in [0.2, 0.25) is 0 Å². The first-order valence-electron chi connectivity index (χ1n) is 6.90. The van der Waals surface area contributed by atoms with E-state index in [0.29, 0.717) is 24.0 Å². The number of hydrogen-bond acceptors (Lipinski definition) is 10. The van der Waals surface area contributed by atoms with Crippen LogP contribution in [-0.4, -0.2) is 82.2 Å². The molecule has 1 saturated heterocycles. The van der Waals surface area contributed by atoms with Gasteiger partial charge in [-0.1, -0.05) is 0 Å². The van der Waals surface area contributed by atoms with Crippen LogP contribution < -0.4 is 15.6 Å². The minimum atomic E-state index is -1.16. The molecule has 0 amide bonds. The first-order chi connectivity index (χ1) is 10.5. The molecule has 0 spiro atoms. The van der Waals surface area contributed by atoms with Gasteiger partial charge in [0.1, 0.15) is 37.0 Å². The lowest BCUT2D eigenvalue weighted by Crippen LogP contribution is -2.48. The molecular formula is C12H20N6O4. The van der Waals surface area contributed by atoms with Gasteiger partial charge in [0.15, 0.2) is 17.9 Å². The van der Waals surface area contributed by atoms with E-state index in [1.54, 1.807) is 4.90 Å². The molecule has 0 radical (unpaired) electrons. The number of nitrogens with two attached hydrogens (primary N) is 1. The molecule has 3 rings (SSSR count). The quantitative estimate of drug-likeness (QED) is 0.477. The molecule has 10 heteroatoms. The molecule has 0 aromatic carbocycles. The summed E-state index contributed by atoms with van der Waals surface area (Å²) < 4.78 is 5.57. The molecule has 4 atom stereocenters. The smallest absolute Gasteiger partial charge is 0.162 e. The second-order valence-corrected chi connectivity index (χ2v) is 5.52. The minimum absolute atomic E-state index is 0.313. The molecule has 1 aromatic heterocycles. The van der Waals surface area contributed by atoms with Gasteiger partial charge in [0.25, 0.3) is 0 Å². The number of hydrogen-bond donors (Lipinski definition) is 4. The molecular weight excluding hydrogens is 292 g/mol. The van der Waals surface area contributed by atoms with Crippen molar-refractivity contribution in [1.82, 2.24) is 15.0 Å². The Morgan fingerprint density at radius 3 is 2.68 bits per heavy atom. The van der Waals surface area contributed by atoms with Crippen LogP contribution >= 0.6 is 0 Å². The Balaban J connectivity index is 1.96. The molecule has 0 bridgehead atoms. The Bertz CT molecular complexity index is 558. The van der Waals surface area contributed by atoms with Crippen molar-refractivity contribution in [3.05, 3.63) is 6.33 Å². The zero-order valence-electron chi connectivity index (χ0n) is 12.4. The van der Waals surface area contributed by atoms with Gasteiger partial charge in [-0.2, -0.15) is 0 Å². The van der Waals surface area contributed by atoms with Crippen molar-refractivity contribution in [2.45, 2.75) is 24.5 Å². The zero-order chi connectivity index (χ0) is 16.0. The predicted molar refractivity (Wildman–Crippen MR) is 77.7 cm³/mol. The fourth-order valence-electron chi connectivity index (χ4n) is 2.79. The maximum absolute atomic E-state index is 10.2. The molecule has 10 nitrogen and oxygen atoms in total. The monoisotopic (exact) mass is 312 g/mol. The van der Waals surface area contributed by atoms with Crippen LogP contribution in [0.3, 0.4) is 0 Å². The molecule has 3 heterocycles. The number of aliphatic hydroxyl groups excluding tert-OH is 3. The van der Waals surface area contributed by atoms with Gasteiger partial charge in [-0.05, 0) is 0 Å². The van der Waals surface area contributed by atoms with Gasteiger partial charge < -0.3 is 30.7 Å². The van der Waals surface area contributed by atoms with E-state index in [0.717, 1.165) is 0 Å². The van der Waals surface area contributed by atoms with E-state index >= 15 is 0 Å². The van der Waals surface area contributed by atoms with Gasteiger partial charge in [-0.15, -0.1) is 0 Å². The Hall–Kier alpha value is -1.72. The number of ether oxygens (including phenoxy) is 1. The summed E-state index contributed by atoms with van der Waals surface area (Å²) >= 11 is 0. The van der Waals surface area contributed by atoms with Gasteiger partial charge in [-0.25, -0.2) is 15.0 Å². The van der Waals surface area contributed by atoms with Crippen molar-refractivity contribution in [2.75, 3.05) is 43.0 Å². The van der Waals surface area contributed by atoms with E-state index in [4.69, 9.17) is 10.5 Å². The number of fused-ring (bicyclic) bond motifs is 1. The molecule has 2 unspecified atom stereocenters. The molecule has 122 valence electrons. The van der Waals surface area contributed by atoms with Gasteiger partial charge in [0.05, 0.1) is 6.61 Å². The highest BCUT2D eigenvalue weighted by atomic mass is 16.6. The van der Waals surface area contributed by atoms with Crippen molar-refractivity contribution in [3.8, 4) is 0 Å². The second-order valence-electron chi connectivity index (χ2n) is 5.52. The summed E-state index contributed by atoms with van der Waals surface area (Å²) in [4.78, 5) is 9.90. The van der Waals surface area contributed by atoms with E-state index < -0.39 is 24.5 Å². The number of nitrogen functional groups attached to an aromatic ring is 1. The summed E-state index contributed by atoms with van der Waals surface area (Å²) in [7, 11) is 3.69. The Kier molecular flexibility index (Phi) is 3.78. The van der Waals surface area contributed by atoms with Gasteiger partial charge >= 0.3 is 0 Å². The number of hydrazine groups is 1. The molecule has 1 fully saturated rings. The van der Waals surface area contributed by atoms with E-state index in [1.807, 2.05) is 24.1 Å². The van der Waals surface area contributed by atoms with Crippen molar-refractivity contribution < 1.29 is 20.1 Å². The number of rotatable bonds is 3. The average Bonchev–Trinajstić information content (AvgIpc) is 3.00. The normalized spacial score (nSPS) is 31.2. The number of anilines is 3. The third-order valence-corrected chi connectivity index (χ3v) is 3.95. The largest absolute Gasteiger partial charge is 0.394 e. The molecule has 2 aliphatic rings. The van der Waals surface area contributed by atoms with Crippen LogP contribution in [0.1, 0.15) is 0 Å². The Morgan fingerprint density at radius 1 is 1.36 bits per heavy atom. The summed E-state index contributed by atoms with van der Waals surface area (Å²) in [5, 5.41) is 33.0. The van der Waals surface area contributed by atoms with Crippen molar-refractivity contribution in [2.24, 2.45) is 0 Å². The maximum Gasteiger partial charge on any atom is 0.162 e. The topological polar surface area (TPSA) is 131 Å². The van der Waals surface area contributed by atoms with Crippen molar-refractivity contribution >= 4 is 17.3 Å². The van der Waals surface area contributed by atoms with Gasteiger partial charge in [0, 0.05) is 14.1 Å². The van der Waals surface area contributed by atoms with E-state index in [2.05, 4.69) is 9.97 Å². The number of aliphatic hydroxyl groups is 3. The molecule has 1 aromatic rings. The fourth-order valence-corrected chi connectivity index (χ4v) is 2.79. The van der Waals surface area contributed by atoms with Crippen LogP contribution in [0.25, 0.3) is 0 Å². The molecule has 2 aliphatic heterocycles. The molecule has 0 saturated carbocycles. The van der Waals surface area contributed by atoms with Crippen LogP contribution in [0.15, 0.2) is 6.33 Å². The average molecular weight is 312 g/mol. The zero-order valence-corrected chi connectivity index (χ0v) is 12.4. The van der Waals surface area contributed by atoms with E-state index in [-0.39, 0.29) is 6.61 Å². The summed E-state index contributed by atoms with van der Waals surface area (Å²) in [6.45, 7) is -0.0451. The van der Waals surface area contributed by atoms with Crippen LogP contribution in [0.4, 0.5) is 17.3 Å². The van der Waals surface area contributed by atoms with Crippen LogP contribution in [0, 0.1) is 0 Å². The highest BCUT2D eigenvalue weighted by Crippen LogP contribution is 2.41.